The van der Waals surface area contributed by atoms with Crippen LogP contribution < -0.4 is 11.1 Å². The third-order valence-electron chi connectivity index (χ3n) is 4.25. The number of hydrogen-bond acceptors (Lipinski definition) is 4. The maximum absolute atomic E-state index is 13.3. The molecule has 0 aliphatic carbocycles. The second-order valence-electron chi connectivity index (χ2n) is 5.82. The molecule has 0 spiro atoms. The van der Waals surface area contributed by atoms with Crippen molar-refractivity contribution in [2.24, 2.45) is 12.8 Å². The quantitative estimate of drug-likeness (QED) is 0.811. The van der Waals surface area contributed by atoms with Crippen LogP contribution in [0.2, 0.25) is 0 Å². The molecule has 1 aromatic heterocycles. The zero-order valence-electron chi connectivity index (χ0n) is 13.9. The highest BCUT2D eigenvalue weighted by Gasteiger charge is 2.29. The van der Waals surface area contributed by atoms with Gasteiger partial charge in [-0.3, -0.25) is 4.79 Å². The fraction of sp³-hybridized carbons (Fsp3) is 0.500. The van der Waals surface area contributed by atoms with Gasteiger partial charge < -0.3 is 20.4 Å². The predicted molar refractivity (Wildman–Crippen MR) is 98.8 cm³/mol. The Morgan fingerprint density at radius 1 is 1.44 bits per heavy atom. The van der Waals surface area contributed by atoms with E-state index in [0.717, 1.165) is 23.3 Å². The van der Waals surface area contributed by atoms with E-state index in [9.17, 15) is 9.18 Å². The summed E-state index contributed by atoms with van der Waals surface area (Å²) in [5.74, 6) is 0.414. The van der Waals surface area contributed by atoms with Gasteiger partial charge in [0, 0.05) is 26.6 Å². The van der Waals surface area contributed by atoms with Crippen LogP contribution in [0.15, 0.2) is 18.2 Å². The highest BCUT2D eigenvalue weighted by molar-refractivity contribution is 5.85. The maximum atomic E-state index is 13.3. The smallest absolute Gasteiger partial charge is 0.249 e. The normalized spacial score (nSPS) is 19.3. The van der Waals surface area contributed by atoms with E-state index < -0.39 is 6.10 Å². The van der Waals surface area contributed by atoms with E-state index in [0.29, 0.717) is 25.9 Å². The fourth-order valence-electron chi connectivity index (χ4n) is 2.92. The molecule has 1 amide bonds. The van der Waals surface area contributed by atoms with Gasteiger partial charge in [-0.2, -0.15) is 0 Å². The lowest BCUT2D eigenvalue weighted by Gasteiger charge is -2.12. The van der Waals surface area contributed by atoms with Crippen LogP contribution in [0, 0.1) is 5.82 Å². The van der Waals surface area contributed by atoms with Crippen molar-refractivity contribution in [1.82, 2.24) is 14.9 Å². The number of carbonyl (C=O) groups is 1. The summed E-state index contributed by atoms with van der Waals surface area (Å²) in [5, 5.41) is 2.87. The molecule has 1 aromatic carbocycles. The summed E-state index contributed by atoms with van der Waals surface area (Å²) in [7, 11) is 1.85. The summed E-state index contributed by atoms with van der Waals surface area (Å²) in [5.41, 5.74) is 7.04. The Hall–Kier alpha value is -1.41. The average molecular weight is 393 g/mol. The molecule has 2 aromatic rings. The third kappa shape index (κ3) is 4.82. The molecule has 0 saturated carbocycles. The van der Waals surface area contributed by atoms with Gasteiger partial charge in [-0.25, -0.2) is 9.37 Å². The summed E-state index contributed by atoms with van der Waals surface area (Å²) < 4.78 is 20.7. The highest BCUT2D eigenvalue weighted by Crippen LogP contribution is 2.19. The fourth-order valence-corrected chi connectivity index (χ4v) is 2.92. The zero-order chi connectivity index (χ0) is 16.4. The van der Waals surface area contributed by atoms with E-state index in [4.69, 9.17) is 10.5 Å². The number of aryl methyl sites for hydroxylation is 1. The van der Waals surface area contributed by atoms with Crippen molar-refractivity contribution >= 4 is 41.8 Å². The first kappa shape index (κ1) is 21.6. The van der Waals surface area contributed by atoms with E-state index in [2.05, 4.69) is 10.3 Å². The molecule has 2 heterocycles. The Bertz CT molecular complexity index is 725. The molecule has 140 valence electrons. The molecule has 2 atom stereocenters. The van der Waals surface area contributed by atoms with E-state index in [1.165, 1.54) is 12.1 Å². The number of nitrogens with zero attached hydrogens (tertiary/aromatic N) is 2. The van der Waals surface area contributed by atoms with Crippen molar-refractivity contribution < 1.29 is 13.9 Å². The number of amides is 1. The largest absolute Gasteiger partial charge is 0.364 e. The Morgan fingerprint density at radius 2 is 2.20 bits per heavy atom. The number of nitrogens with one attached hydrogen (secondary N) is 1. The van der Waals surface area contributed by atoms with Gasteiger partial charge in [-0.15, -0.1) is 24.8 Å². The van der Waals surface area contributed by atoms with Gasteiger partial charge >= 0.3 is 0 Å². The summed E-state index contributed by atoms with van der Waals surface area (Å²) in [6, 6.07) is 4.52. The maximum Gasteiger partial charge on any atom is 0.249 e. The molecule has 3 N–H and O–H groups in total. The Kier molecular flexibility index (Phi) is 8.08. The number of hydrogen-bond donors (Lipinski definition) is 2. The monoisotopic (exact) mass is 392 g/mol. The molecule has 6 nitrogen and oxygen atoms in total. The molecular weight excluding hydrogens is 370 g/mol. The minimum absolute atomic E-state index is 0. The number of fused-ring (bicyclic) bond motifs is 1. The average Bonchev–Trinajstić information content (AvgIpc) is 3.14. The molecule has 25 heavy (non-hydrogen) atoms. The predicted octanol–water partition coefficient (Wildman–Crippen LogP) is 1.72. The van der Waals surface area contributed by atoms with Gasteiger partial charge in [0.1, 0.15) is 17.7 Å². The molecule has 0 unspecified atom stereocenters. The van der Waals surface area contributed by atoms with Crippen LogP contribution in [-0.2, 0) is 23.0 Å². The van der Waals surface area contributed by atoms with Crippen LogP contribution in [0.3, 0.4) is 0 Å². The van der Waals surface area contributed by atoms with E-state index in [1.54, 1.807) is 6.07 Å². The number of nitrogens with two attached hydrogens (primary N) is 1. The molecule has 0 radical (unpaired) electrons. The third-order valence-corrected chi connectivity index (χ3v) is 4.25. The molecule has 1 saturated heterocycles. The van der Waals surface area contributed by atoms with Crippen LogP contribution in [0.5, 0.6) is 0 Å². The Labute approximate surface area is 158 Å². The van der Waals surface area contributed by atoms with Crippen molar-refractivity contribution in [3.8, 4) is 0 Å². The second kappa shape index (κ2) is 9.33. The number of ether oxygens (including phenoxy) is 1. The first-order chi connectivity index (χ1) is 11.1. The van der Waals surface area contributed by atoms with Gasteiger partial charge in [-0.1, -0.05) is 0 Å². The lowest BCUT2D eigenvalue weighted by Crippen LogP contribution is -2.36. The number of aromatic nitrogens is 2. The van der Waals surface area contributed by atoms with Gasteiger partial charge in [0.15, 0.2) is 0 Å². The SMILES string of the molecule is Cl.Cl.Cn1c(CCNC(=O)[C@@H]2CC[C@H](CN)O2)nc2ccc(F)cc21. The van der Waals surface area contributed by atoms with Crippen molar-refractivity contribution in [3.05, 3.63) is 29.8 Å². The lowest BCUT2D eigenvalue weighted by molar-refractivity contribution is -0.131. The van der Waals surface area contributed by atoms with Crippen LogP contribution in [-0.4, -0.2) is 40.8 Å². The molecule has 9 heteroatoms. The number of halogens is 3. The standard InChI is InChI=1S/C16H21FN4O2.2ClH/c1-21-13-8-10(17)2-4-12(13)20-15(21)6-7-19-16(22)14-5-3-11(9-18)23-14;;/h2,4,8,11,14H,3,5-7,9,18H2,1H3,(H,19,22);2*1H/t11-,14+;;/m1../s1. The number of imidazole rings is 1. The number of benzene rings is 1. The molecule has 0 bridgehead atoms. The highest BCUT2D eigenvalue weighted by atomic mass is 35.5. The zero-order valence-corrected chi connectivity index (χ0v) is 15.5. The van der Waals surface area contributed by atoms with Crippen molar-refractivity contribution in [1.29, 1.82) is 0 Å². The number of carbonyl (C=O) groups excluding carboxylic acids is 1. The van der Waals surface area contributed by atoms with Crippen LogP contribution in [0.1, 0.15) is 18.7 Å². The van der Waals surface area contributed by atoms with E-state index >= 15 is 0 Å². The summed E-state index contributed by atoms with van der Waals surface area (Å²) in [4.78, 5) is 16.5. The second-order valence-corrected chi connectivity index (χ2v) is 5.82. The van der Waals surface area contributed by atoms with Crippen molar-refractivity contribution in [3.63, 3.8) is 0 Å². The molecule has 1 fully saturated rings. The van der Waals surface area contributed by atoms with Crippen molar-refractivity contribution in [2.75, 3.05) is 13.1 Å². The molecule has 1 aliphatic heterocycles. The van der Waals surface area contributed by atoms with Gasteiger partial charge in [-0.05, 0) is 31.0 Å². The summed E-state index contributed by atoms with van der Waals surface area (Å²) in [6.07, 6.45) is 1.69. The molecule has 1 aliphatic rings. The van der Waals surface area contributed by atoms with Gasteiger partial charge in [0.05, 0.1) is 17.1 Å². The Morgan fingerprint density at radius 3 is 2.88 bits per heavy atom. The van der Waals surface area contributed by atoms with E-state index in [-0.39, 0.29) is 42.6 Å². The van der Waals surface area contributed by atoms with Gasteiger partial charge in [0.25, 0.3) is 0 Å². The minimum Gasteiger partial charge on any atom is -0.364 e. The minimum atomic E-state index is -0.405. The van der Waals surface area contributed by atoms with Crippen LogP contribution in [0.4, 0.5) is 4.39 Å². The van der Waals surface area contributed by atoms with Crippen LogP contribution in [0.25, 0.3) is 11.0 Å². The van der Waals surface area contributed by atoms with Gasteiger partial charge in [0.2, 0.25) is 5.91 Å². The summed E-state index contributed by atoms with van der Waals surface area (Å²) in [6.45, 7) is 0.909. The van der Waals surface area contributed by atoms with Crippen LogP contribution >= 0.6 is 24.8 Å². The Balaban J connectivity index is 0.00000156. The van der Waals surface area contributed by atoms with E-state index in [1.807, 2.05) is 11.6 Å². The number of rotatable bonds is 5. The first-order valence-corrected chi connectivity index (χ1v) is 7.82. The topological polar surface area (TPSA) is 82.2 Å². The van der Waals surface area contributed by atoms with Crippen molar-refractivity contribution in [2.45, 2.75) is 31.5 Å². The molecule has 3 rings (SSSR count). The first-order valence-electron chi connectivity index (χ1n) is 7.82. The lowest BCUT2D eigenvalue weighted by atomic mass is 10.2. The molecular formula is C16H23Cl2FN4O2. The summed E-state index contributed by atoms with van der Waals surface area (Å²) >= 11 is 0.